The Morgan fingerprint density at radius 3 is 2.64 bits per heavy atom. The van der Waals surface area contributed by atoms with Crippen LogP contribution in [-0.2, 0) is 18.4 Å². The van der Waals surface area contributed by atoms with Crippen LogP contribution in [0, 0.1) is 0 Å². The lowest BCUT2D eigenvalue weighted by molar-refractivity contribution is -0.120. The lowest BCUT2D eigenvalue weighted by Gasteiger charge is -2.28. The highest BCUT2D eigenvalue weighted by molar-refractivity contribution is 5.93. The Hall–Kier alpha value is -3.09. The molecule has 7 heteroatoms. The maximum Gasteiger partial charge on any atom is 0.251 e. The molecule has 1 saturated heterocycles. The van der Waals surface area contributed by atoms with E-state index in [0.29, 0.717) is 25.2 Å². The van der Waals surface area contributed by atoms with E-state index in [2.05, 4.69) is 10.6 Å². The Labute approximate surface area is 145 Å². The predicted octanol–water partition coefficient (Wildman–Crippen LogP) is 0.252. The van der Waals surface area contributed by atoms with Gasteiger partial charge < -0.3 is 20.1 Å². The largest absolute Gasteiger partial charge is 0.360 e. The van der Waals surface area contributed by atoms with Crippen LogP contribution < -0.4 is 21.1 Å². The number of piperazine rings is 1. The number of aryl methyl sites for hydroxylation is 1. The van der Waals surface area contributed by atoms with E-state index in [0.717, 1.165) is 17.8 Å². The van der Waals surface area contributed by atoms with Crippen LogP contribution in [0.2, 0.25) is 0 Å². The van der Waals surface area contributed by atoms with Crippen molar-refractivity contribution in [2.24, 2.45) is 7.05 Å². The van der Waals surface area contributed by atoms with E-state index in [1.807, 2.05) is 29.2 Å². The molecule has 3 rings (SSSR count). The molecule has 0 atom stereocenters. The molecule has 2 aromatic rings. The summed E-state index contributed by atoms with van der Waals surface area (Å²) in [6.07, 6.45) is 1.57. The SMILES string of the molecule is Cn1ccc(C(=O)NCc2ccc(N3CCNC(=O)C3)cc2)cc1=O. The zero-order chi connectivity index (χ0) is 17.8. The molecule has 25 heavy (non-hydrogen) atoms. The standard InChI is InChI=1S/C18H20N4O3/c1-21-8-6-14(10-17(21)24)18(25)20-11-13-2-4-15(5-3-13)22-9-7-19-16(23)12-22/h2-6,8,10H,7,9,11-12H2,1H3,(H,19,23)(H,20,25). The van der Waals surface area contributed by atoms with E-state index in [1.54, 1.807) is 19.3 Å². The molecule has 1 aromatic heterocycles. The minimum atomic E-state index is -0.283. The van der Waals surface area contributed by atoms with E-state index in [1.165, 1.54) is 10.6 Å². The molecule has 7 nitrogen and oxygen atoms in total. The Morgan fingerprint density at radius 2 is 1.96 bits per heavy atom. The van der Waals surface area contributed by atoms with Gasteiger partial charge in [0.1, 0.15) is 0 Å². The van der Waals surface area contributed by atoms with Crippen molar-refractivity contribution in [3.63, 3.8) is 0 Å². The molecule has 0 spiro atoms. The Kier molecular flexibility index (Phi) is 4.83. The number of nitrogens with zero attached hydrogens (tertiary/aromatic N) is 2. The summed E-state index contributed by atoms with van der Waals surface area (Å²) < 4.78 is 1.41. The molecule has 2 N–H and O–H groups in total. The first-order chi connectivity index (χ1) is 12.0. The number of carbonyl (C=O) groups is 2. The second-order valence-electron chi connectivity index (χ2n) is 5.99. The fourth-order valence-electron chi connectivity index (χ4n) is 2.66. The summed E-state index contributed by atoms with van der Waals surface area (Å²) >= 11 is 0. The number of carbonyl (C=O) groups excluding carboxylic acids is 2. The molecule has 1 fully saturated rings. The number of aromatic nitrogens is 1. The maximum absolute atomic E-state index is 12.1. The van der Waals surface area contributed by atoms with Crippen LogP contribution in [-0.4, -0.2) is 36.0 Å². The molecule has 0 unspecified atom stereocenters. The van der Waals surface area contributed by atoms with Crippen LogP contribution in [0.3, 0.4) is 0 Å². The topological polar surface area (TPSA) is 83.4 Å². The number of pyridine rings is 1. The highest BCUT2D eigenvalue weighted by Crippen LogP contribution is 2.16. The molecule has 0 saturated carbocycles. The average Bonchev–Trinajstić information content (AvgIpc) is 2.62. The minimum Gasteiger partial charge on any atom is -0.360 e. The number of rotatable bonds is 4. The predicted molar refractivity (Wildman–Crippen MR) is 94.5 cm³/mol. The molecule has 2 heterocycles. The second kappa shape index (κ2) is 7.21. The van der Waals surface area contributed by atoms with Crippen LogP contribution in [0.1, 0.15) is 15.9 Å². The molecule has 0 radical (unpaired) electrons. The Balaban J connectivity index is 1.59. The Bertz CT molecular complexity index is 842. The summed E-state index contributed by atoms with van der Waals surface area (Å²) in [5.74, 6) is -0.258. The maximum atomic E-state index is 12.1. The molecule has 1 aliphatic heterocycles. The van der Waals surface area contributed by atoms with Crippen molar-refractivity contribution in [1.82, 2.24) is 15.2 Å². The number of hydrogen-bond donors (Lipinski definition) is 2. The first-order valence-corrected chi connectivity index (χ1v) is 8.08. The second-order valence-corrected chi connectivity index (χ2v) is 5.99. The first kappa shape index (κ1) is 16.8. The summed E-state index contributed by atoms with van der Waals surface area (Å²) in [6.45, 7) is 2.16. The third-order valence-electron chi connectivity index (χ3n) is 4.16. The van der Waals surface area contributed by atoms with E-state index < -0.39 is 0 Å². The summed E-state index contributed by atoms with van der Waals surface area (Å²) in [6, 6.07) is 10.7. The van der Waals surface area contributed by atoms with E-state index in [-0.39, 0.29) is 17.4 Å². The third kappa shape index (κ3) is 4.06. The number of anilines is 1. The third-order valence-corrected chi connectivity index (χ3v) is 4.16. The fourth-order valence-corrected chi connectivity index (χ4v) is 2.66. The quantitative estimate of drug-likeness (QED) is 0.836. The van der Waals surface area contributed by atoms with Gasteiger partial charge in [-0.25, -0.2) is 0 Å². The number of hydrogen-bond acceptors (Lipinski definition) is 4. The summed E-state index contributed by atoms with van der Waals surface area (Å²) in [5.41, 5.74) is 2.06. The van der Waals surface area contributed by atoms with Gasteiger partial charge in [-0.2, -0.15) is 0 Å². The lowest BCUT2D eigenvalue weighted by Crippen LogP contribution is -2.47. The van der Waals surface area contributed by atoms with Crippen LogP contribution in [0.4, 0.5) is 5.69 Å². The van der Waals surface area contributed by atoms with Gasteiger partial charge in [0.2, 0.25) is 5.91 Å². The summed E-state index contributed by atoms with van der Waals surface area (Å²) in [5, 5.41) is 5.60. The zero-order valence-electron chi connectivity index (χ0n) is 14.0. The van der Waals surface area contributed by atoms with E-state index >= 15 is 0 Å². The van der Waals surface area contributed by atoms with Crippen molar-refractivity contribution in [3.05, 3.63) is 64.1 Å². The van der Waals surface area contributed by atoms with Gasteiger partial charge in [0, 0.05) is 50.2 Å². The fraction of sp³-hybridized carbons (Fsp3) is 0.278. The monoisotopic (exact) mass is 340 g/mol. The Morgan fingerprint density at radius 1 is 1.20 bits per heavy atom. The van der Waals surface area contributed by atoms with Crippen LogP contribution in [0.5, 0.6) is 0 Å². The number of benzene rings is 1. The van der Waals surface area contributed by atoms with Gasteiger partial charge in [0.15, 0.2) is 0 Å². The van der Waals surface area contributed by atoms with Crippen molar-refractivity contribution in [1.29, 1.82) is 0 Å². The van der Waals surface area contributed by atoms with Gasteiger partial charge >= 0.3 is 0 Å². The summed E-state index contributed by atoms with van der Waals surface area (Å²) in [7, 11) is 1.64. The van der Waals surface area contributed by atoms with Crippen LogP contribution in [0.15, 0.2) is 47.4 Å². The molecule has 130 valence electrons. The molecular weight excluding hydrogens is 320 g/mol. The average molecular weight is 340 g/mol. The van der Waals surface area contributed by atoms with Crippen LogP contribution >= 0.6 is 0 Å². The van der Waals surface area contributed by atoms with Gasteiger partial charge in [-0.1, -0.05) is 12.1 Å². The zero-order valence-corrected chi connectivity index (χ0v) is 14.0. The number of nitrogens with one attached hydrogen (secondary N) is 2. The van der Waals surface area contributed by atoms with Crippen molar-refractivity contribution in [3.8, 4) is 0 Å². The minimum absolute atomic E-state index is 0.0246. The number of amides is 2. The van der Waals surface area contributed by atoms with E-state index in [9.17, 15) is 14.4 Å². The van der Waals surface area contributed by atoms with Gasteiger partial charge in [-0.05, 0) is 23.8 Å². The van der Waals surface area contributed by atoms with Crippen LogP contribution in [0.25, 0.3) is 0 Å². The van der Waals surface area contributed by atoms with Crippen molar-refractivity contribution >= 4 is 17.5 Å². The van der Waals surface area contributed by atoms with Gasteiger partial charge in [-0.3, -0.25) is 14.4 Å². The highest BCUT2D eigenvalue weighted by atomic mass is 16.2. The van der Waals surface area contributed by atoms with Crippen molar-refractivity contribution in [2.45, 2.75) is 6.54 Å². The van der Waals surface area contributed by atoms with Gasteiger partial charge in [-0.15, -0.1) is 0 Å². The first-order valence-electron chi connectivity index (χ1n) is 8.08. The van der Waals surface area contributed by atoms with Gasteiger partial charge in [0.05, 0.1) is 6.54 Å². The molecule has 0 bridgehead atoms. The van der Waals surface area contributed by atoms with E-state index in [4.69, 9.17) is 0 Å². The molecule has 1 aromatic carbocycles. The normalized spacial score (nSPS) is 14.1. The highest BCUT2D eigenvalue weighted by Gasteiger charge is 2.16. The smallest absolute Gasteiger partial charge is 0.251 e. The molecule has 2 amide bonds. The molecular formula is C18H20N4O3. The lowest BCUT2D eigenvalue weighted by atomic mass is 10.1. The van der Waals surface area contributed by atoms with Gasteiger partial charge in [0.25, 0.3) is 11.5 Å². The van der Waals surface area contributed by atoms with Crippen molar-refractivity contribution < 1.29 is 9.59 Å². The molecule has 0 aliphatic carbocycles. The summed E-state index contributed by atoms with van der Waals surface area (Å²) in [4.78, 5) is 37.2. The molecule has 1 aliphatic rings. The van der Waals surface area contributed by atoms with Crippen molar-refractivity contribution in [2.75, 3.05) is 24.5 Å².